The van der Waals surface area contributed by atoms with Crippen molar-refractivity contribution in [3.63, 3.8) is 0 Å². The van der Waals surface area contributed by atoms with Gasteiger partial charge in [-0.1, -0.05) is 59.6 Å². The van der Waals surface area contributed by atoms with Gasteiger partial charge in [-0.2, -0.15) is 0 Å². The zero-order valence-corrected chi connectivity index (χ0v) is 27.8. The molecular formula is C37H62N2O2. The van der Waals surface area contributed by atoms with Crippen molar-refractivity contribution in [3.8, 4) is 0 Å². The molecule has 7 atom stereocenters. The molecule has 1 aliphatic heterocycles. The van der Waals surface area contributed by atoms with Crippen LogP contribution in [0.1, 0.15) is 138 Å². The van der Waals surface area contributed by atoms with Crippen LogP contribution in [0.2, 0.25) is 0 Å². The van der Waals surface area contributed by atoms with E-state index >= 15 is 0 Å². The van der Waals surface area contributed by atoms with Gasteiger partial charge in [0, 0.05) is 6.54 Å². The van der Waals surface area contributed by atoms with Crippen LogP contribution in [0.15, 0.2) is 11.1 Å². The van der Waals surface area contributed by atoms with E-state index in [-0.39, 0.29) is 33.2 Å². The van der Waals surface area contributed by atoms with Gasteiger partial charge in [0.2, 0.25) is 5.91 Å². The number of carbonyl (C=O) groups is 1. The molecule has 4 saturated carbocycles. The Hall–Kier alpha value is -0.870. The van der Waals surface area contributed by atoms with Crippen molar-refractivity contribution in [1.82, 2.24) is 10.2 Å². The minimum Gasteiger partial charge on any atom is -0.393 e. The molecule has 0 radical (unpaired) electrons. The summed E-state index contributed by atoms with van der Waals surface area (Å²) >= 11 is 0. The summed E-state index contributed by atoms with van der Waals surface area (Å²) < 4.78 is 0. The number of hydrogen-bond acceptors (Lipinski definition) is 3. The van der Waals surface area contributed by atoms with Crippen LogP contribution in [0.4, 0.5) is 0 Å². The van der Waals surface area contributed by atoms with Crippen molar-refractivity contribution in [2.45, 2.75) is 144 Å². The molecule has 0 aromatic carbocycles. The molecule has 0 aromatic rings. The largest absolute Gasteiger partial charge is 0.393 e. The summed E-state index contributed by atoms with van der Waals surface area (Å²) in [4.78, 5) is 16.8. The molecule has 0 spiro atoms. The van der Waals surface area contributed by atoms with Crippen LogP contribution in [0.25, 0.3) is 0 Å². The summed E-state index contributed by atoms with van der Waals surface area (Å²) in [5, 5.41) is 14.5. The fourth-order valence-corrected chi connectivity index (χ4v) is 12.3. The van der Waals surface area contributed by atoms with E-state index in [0.717, 1.165) is 58.0 Å². The number of amides is 1. The van der Waals surface area contributed by atoms with E-state index in [4.69, 9.17) is 0 Å². The first-order valence-corrected chi connectivity index (χ1v) is 17.6. The average molecular weight is 567 g/mol. The summed E-state index contributed by atoms with van der Waals surface area (Å²) in [6.07, 6.45) is 16.1. The summed E-state index contributed by atoms with van der Waals surface area (Å²) in [5.74, 6) is 1.64. The Labute approximate surface area is 251 Å². The second-order valence-corrected chi connectivity index (χ2v) is 17.9. The zero-order valence-electron chi connectivity index (χ0n) is 27.8. The van der Waals surface area contributed by atoms with Crippen LogP contribution in [0.3, 0.4) is 0 Å². The standard InChI is InChI=1S/C37H62N2O2/c1-32(2)17-19-37(31(41)38-21-10-24-39-22-8-9-23-39)20-18-35(6)26(27(37)25-32)11-12-29-34(5)15-14-30(40)33(3,4)28(34)13-16-36(29,35)7/h28-30,40H,8-25H2,1-7H3,(H,38,41)/t28-,29+,30-,34-,35+,36+,37-/m0/s1. The smallest absolute Gasteiger partial charge is 0.230 e. The molecule has 0 aromatic heterocycles. The van der Waals surface area contributed by atoms with E-state index < -0.39 is 0 Å². The molecule has 41 heavy (non-hydrogen) atoms. The van der Waals surface area contributed by atoms with Crippen molar-refractivity contribution < 1.29 is 9.90 Å². The van der Waals surface area contributed by atoms with Gasteiger partial charge in [-0.15, -0.1) is 0 Å². The summed E-state index contributed by atoms with van der Waals surface area (Å²) in [5.41, 5.74) is 4.00. The molecule has 1 saturated heterocycles. The van der Waals surface area contributed by atoms with Gasteiger partial charge in [0.05, 0.1) is 11.5 Å². The molecule has 6 aliphatic rings. The van der Waals surface area contributed by atoms with Crippen LogP contribution >= 0.6 is 0 Å². The van der Waals surface area contributed by atoms with Crippen LogP contribution in [0.5, 0.6) is 0 Å². The normalized spacial score (nSPS) is 45.3. The number of likely N-dealkylation sites (tertiary alicyclic amines) is 1. The van der Waals surface area contributed by atoms with E-state index in [2.05, 4.69) is 58.7 Å². The topological polar surface area (TPSA) is 52.6 Å². The summed E-state index contributed by atoms with van der Waals surface area (Å²) in [6, 6.07) is 0. The van der Waals surface area contributed by atoms with Gasteiger partial charge in [0.25, 0.3) is 0 Å². The van der Waals surface area contributed by atoms with Crippen molar-refractivity contribution in [3.05, 3.63) is 11.1 Å². The number of hydrogen-bond donors (Lipinski definition) is 2. The van der Waals surface area contributed by atoms with Crippen molar-refractivity contribution in [2.75, 3.05) is 26.2 Å². The Balaban J connectivity index is 1.30. The van der Waals surface area contributed by atoms with Gasteiger partial charge < -0.3 is 15.3 Å². The highest BCUT2D eigenvalue weighted by Crippen LogP contribution is 2.75. The maximum atomic E-state index is 14.3. The maximum absolute atomic E-state index is 14.3. The molecule has 1 amide bonds. The predicted molar refractivity (Wildman–Crippen MR) is 168 cm³/mol. The fourth-order valence-electron chi connectivity index (χ4n) is 12.3. The molecule has 1 heterocycles. The number of nitrogens with zero attached hydrogens (tertiary/aromatic N) is 1. The first kappa shape index (κ1) is 30.2. The molecule has 2 N–H and O–H groups in total. The predicted octanol–water partition coefficient (Wildman–Crippen LogP) is 7.90. The van der Waals surface area contributed by atoms with Crippen molar-refractivity contribution in [1.29, 1.82) is 0 Å². The van der Waals surface area contributed by atoms with E-state index in [9.17, 15) is 9.90 Å². The molecule has 232 valence electrons. The lowest BCUT2D eigenvalue weighted by atomic mass is 9.34. The number of fused-ring (bicyclic) bond motifs is 6. The Kier molecular flexibility index (Phi) is 7.42. The SMILES string of the molecule is CC1(C)CC[C@]2(C(=O)NCCCN3CCCC3)CC[C@]3(C)C(=C2C1)CC[C@@H]1[C@@]2(C)CC[C@H](O)C(C)(C)[C@@H]2CC[C@]13C. The van der Waals surface area contributed by atoms with E-state index in [0.29, 0.717) is 23.2 Å². The fraction of sp³-hybridized carbons (Fsp3) is 0.919. The second kappa shape index (κ2) is 10.1. The van der Waals surface area contributed by atoms with E-state index in [1.807, 2.05) is 0 Å². The number of aliphatic hydroxyl groups excluding tert-OH is 1. The molecule has 6 rings (SSSR count). The number of allylic oxidation sites excluding steroid dienone is 1. The summed E-state index contributed by atoms with van der Waals surface area (Å²) in [7, 11) is 0. The van der Waals surface area contributed by atoms with Gasteiger partial charge in [-0.3, -0.25) is 4.79 Å². The lowest BCUT2D eigenvalue weighted by Crippen LogP contribution is -2.64. The Morgan fingerprint density at radius 2 is 1.56 bits per heavy atom. The lowest BCUT2D eigenvalue weighted by molar-refractivity contribution is -0.204. The monoisotopic (exact) mass is 566 g/mol. The first-order chi connectivity index (χ1) is 19.2. The number of rotatable bonds is 5. The highest BCUT2D eigenvalue weighted by molar-refractivity contribution is 5.87. The lowest BCUT2D eigenvalue weighted by Gasteiger charge is -2.71. The third-order valence-electron chi connectivity index (χ3n) is 15.1. The number of carbonyl (C=O) groups excluding carboxylic acids is 1. The minimum absolute atomic E-state index is 0.00401. The average Bonchev–Trinajstić information content (AvgIpc) is 3.43. The molecular weight excluding hydrogens is 504 g/mol. The first-order valence-electron chi connectivity index (χ1n) is 17.6. The van der Waals surface area contributed by atoms with Crippen molar-refractivity contribution in [2.24, 2.45) is 44.3 Å². The highest BCUT2D eigenvalue weighted by Gasteiger charge is 2.68. The summed E-state index contributed by atoms with van der Waals surface area (Å²) in [6.45, 7) is 21.9. The minimum atomic E-state index is -0.279. The maximum Gasteiger partial charge on any atom is 0.230 e. The number of aliphatic hydroxyl groups is 1. The molecule has 0 bridgehead atoms. The molecule has 5 aliphatic carbocycles. The van der Waals surface area contributed by atoms with Crippen molar-refractivity contribution >= 4 is 5.91 Å². The van der Waals surface area contributed by atoms with Crippen LogP contribution in [-0.2, 0) is 4.79 Å². The van der Waals surface area contributed by atoms with Gasteiger partial charge in [-0.05, 0) is 148 Å². The van der Waals surface area contributed by atoms with Crippen LogP contribution in [0, 0.1) is 44.3 Å². The molecule has 4 nitrogen and oxygen atoms in total. The quantitative estimate of drug-likeness (QED) is 0.263. The van der Waals surface area contributed by atoms with E-state index in [1.165, 1.54) is 58.0 Å². The van der Waals surface area contributed by atoms with Gasteiger partial charge in [-0.25, -0.2) is 0 Å². The van der Waals surface area contributed by atoms with Gasteiger partial charge >= 0.3 is 0 Å². The molecule has 0 unspecified atom stereocenters. The van der Waals surface area contributed by atoms with Crippen LogP contribution in [-0.4, -0.2) is 48.2 Å². The zero-order chi connectivity index (χ0) is 29.5. The molecule has 4 heteroatoms. The van der Waals surface area contributed by atoms with E-state index in [1.54, 1.807) is 11.1 Å². The number of nitrogens with one attached hydrogen (secondary N) is 1. The van der Waals surface area contributed by atoms with Gasteiger partial charge in [0.1, 0.15) is 0 Å². The Morgan fingerprint density at radius 1 is 0.854 bits per heavy atom. The third-order valence-corrected chi connectivity index (χ3v) is 15.1. The Bertz CT molecular complexity index is 1070. The van der Waals surface area contributed by atoms with Gasteiger partial charge in [0.15, 0.2) is 0 Å². The second-order valence-electron chi connectivity index (χ2n) is 17.9. The highest BCUT2D eigenvalue weighted by atomic mass is 16.3. The molecule has 5 fully saturated rings. The third kappa shape index (κ3) is 4.45. The Morgan fingerprint density at radius 3 is 2.29 bits per heavy atom. The van der Waals surface area contributed by atoms with Crippen LogP contribution < -0.4 is 5.32 Å².